The van der Waals surface area contributed by atoms with Crippen LogP contribution in [-0.2, 0) is 0 Å². The lowest BCUT2D eigenvalue weighted by atomic mass is 10.0. The van der Waals surface area contributed by atoms with E-state index < -0.39 is 0 Å². The molecule has 224 valence electrons. The SMILES string of the molecule is c1ccc(-c2cc3nc(-n4c5ccccc5c5cc6c(cc54)c4ccccc4n6-c4ccccc4)oc3c3c2sc2ccccc23)cc1. The number of rotatable bonds is 3. The van der Waals surface area contributed by atoms with E-state index in [2.05, 4.69) is 161 Å². The molecule has 0 fully saturated rings. The van der Waals surface area contributed by atoms with E-state index in [0.717, 1.165) is 44.0 Å². The molecule has 0 aliphatic heterocycles. The first-order valence-electron chi connectivity index (χ1n) is 16.1. The molecule has 4 nitrogen and oxygen atoms in total. The average Bonchev–Trinajstić information content (AvgIpc) is 3.90. The molecule has 0 saturated carbocycles. The van der Waals surface area contributed by atoms with Crippen LogP contribution in [-0.4, -0.2) is 14.1 Å². The summed E-state index contributed by atoms with van der Waals surface area (Å²) in [5, 5.41) is 7.06. The summed E-state index contributed by atoms with van der Waals surface area (Å²) in [6.07, 6.45) is 0. The molecular weight excluding hydrogens is 607 g/mol. The topological polar surface area (TPSA) is 35.9 Å². The van der Waals surface area contributed by atoms with Gasteiger partial charge in [-0.15, -0.1) is 11.3 Å². The number of aromatic nitrogens is 3. The summed E-state index contributed by atoms with van der Waals surface area (Å²) in [7, 11) is 0. The Morgan fingerprint density at radius 3 is 1.81 bits per heavy atom. The van der Waals surface area contributed by atoms with Crippen LogP contribution in [0.4, 0.5) is 0 Å². The van der Waals surface area contributed by atoms with Gasteiger partial charge in [-0.3, -0.25) is 4.57 Å². The molecule has 0 bridgehead atoms. The summed E-state index contributed by atoms with van der Waals surface area (Å²) in [6.45, 7) is 0. The van der Waals surface area contributed by atoms with Gasteiger partial charge in [0.25, 0.3) is 0 Å². The predicted octanol–water partition coefficient (Wildman–Crippen LogP) is 12.1. The minimum Gasteiger partial charge on any atom is -0.422 e. The molecule has 0 radical (unpaired) electrons. The van der Waals surface area contributed by atoms with Crippen molar-refractivity contribution in [3.05, 3.63) is 152 Å². The molecule has 4 aromatic heterocycles. The summed E-state index contributed by atoms with van der Waals surface area (Å²) in [5.41, 5.74) is 9.67. The summed E-state index contributed by atoms with van der Waals surface area (Å²) in [6, 6.07) is 54.6. The molecule has 0 aliphatic carbocycles. The summed E-state index contributed by atoms with van der Waals surface area (Å²) < 4.78 is 14.0. The molecule has 48 heavy (non-hydrogen) atoms. The monoisotopic (exact) mass is 631 g/mol. The Kier molecular flexibility index (Phi) is 5.23. The Labute approximate surface area is 278 Å². The number of benzene rings is 7. The van der Waals surface area contributed by atoms with Gasteiger partial charge in [-0.25, -0.2) is 0 Å². The first-order valence-corrected chi connectivity index (χ1v) is 17.0. The first kappa shape index (κ1) is 26.0. The molecule has 0 spiro atoms. The number of oxazole rings is 1. The molecular formula is C43H25N3OS. The van der Waals surface area contributed by atoms with Gasteiger partial charge in [-0.05, 0) is 54.1 Å². The van der Waals surface area contributed by atoms with Crippen LogP contribution in [0.15, 0.2) is 156 Å². The van der Waals surface area contributed by atoms with E-state index in [4.69, 9.17) is 9.40 Å². The van der Waals surface area contributed by atoms with E-state index in [1.807, 2.05) is 11.3 Å². The van der Waals surface area contributed by atoms with Crippen molar-refractivity contribution < 1.29 is 4.42 Å². The van der Waals surface area contributed by atoms with Gasteiger partial charge in [0.15, 0.2) is 5.58 Å². The third-order valence-corrected chi connectivity index (χ3v) is 11.0. The van der Waals surface area contributed by atoms with Crippen LogP contribution in [0.3, 0.4) is 0 Å². The van der Waals surface area contributed by atoms with Gasteiger partial charge in [-0.1, -0.05) is 103 Å². The highest BCUT2D eigenvalue weighted by Gasteiger charge is 2.23. The van der Waals surface area contributed by atoms with Crippen LogP contribution in [0.25, 0.3) is 97.7 Å². The Hall–Kier alpha value is -6.17. The molecule has 0 atom stereocenters. The zero-order valence-corrected chi connectivity index (χ0v) is 26.4. The van der Waals surface area contributed by atoms with Crippen molar-refractivity contribution in [2.75, 3.05) is 0 Å². The molecule has 11 aromatic rings. The largest absolute Gasteiger partial charge is 0.422 e. The average molecular weight is 632 g/mol. The quantitative estimate of drug-likeness (QED) is 0.194. The standard InChI is InChI=1S/C43H25N3OS/c1-3-13-26(14-4-1)31-23-34-41(40-30-19-9-12-22-39(30)48-42(31)40)47-43(44-34)46-36-21-11-8-18-29(36)33-24-37-32(25-38(33)46)28-17-7-10-20-35(28)45(37)27-15-5-2-6-16-27/h1-25H. The smallest absolute Gasteiger partial charge is 0.307 e. The molecule has 0 amide bonds. The number of hydrogen-bond acceptors (Lipinski definition) is 3. The Morgan fingerprint density at radius 2 is 1.08 bits per heavy atom. The van der Waals surface area contributed by atoms with E-state index >= 15 is 0 Å². The highest BCUT2D eigenvalue weighted by atomic mass is 32.1. The fraction of sp³-hybridized carbons (Fsp3) is 0. The summed E-state index contributed by atoms with van der Waals surface area (Å²) in [4.78, 5) is 5.27. The number of fused-ring (bicyclic) bond motifs is 11. The van der Waals surface area contributed by atoms with Crippen molar-refractivity contribution in [3.63, 3.8) is 0 Å². The molecule has 0 saturated heterocycles. The summed E-state index contributed by atoms with van der Waals surface area (Å²) in [5.74, 6) is 0. The Balaban J connectivity index is 1.26. The second-order valence-electron chi connectivity index (χ2n) is 12.4. The van der Waals surface area contributed by atoms with Gasteiger partial charge >= 0.3 is 6.01 Å². The van der Waals surface area contributed by atoms with E-state index in [1.54, 1.807) is 0 Å². The zero-order chi connectivity index (χ0) is 31.3. The van der Waals surface area contributed by atoms with Gasteiger partial charge < -0.3 is 8.98 Å². The van der Waals surface area contributed by atoms with Crippen LogP contribution < -0.4 is 0 Å². The van der Waals surface area contributed by atoms with Gasteiger partial charge in [0, 0.05) is 53.0 Å². The Morgan fingerprint density at radius 1 is 0.500 bits per heavy atom. The normalized spacial score (nSPS) is 12.2. The predicted molar refractivity (Wildman–Crippen MR) is 201 cm³/mol. The maximum atomic E-state index is 6.93. The van der Waals surface area contributed by atoms with Crippen molar-refractivity contribution in [3.8, 4) is 22.8 Å². The molecule has 7 aromatic carbocycles. The van der Waals surface area contributed by atoms with Crippen molar-refractivity contribution in [2.45, 2.75) is 0 Å². The lowest BCUT2D eigenvalue weighted by Gasteiger charge is -2.07. The minimum absolute atomic E-state index is 0.573. The van der Waals surface area contributed by atoms with Crippen LogP contribution in [0.1, 0.15) is 0 Å². The van der Waals surface area contributed by atoms with Crippen molar-refractivity contribution >= 4 is 86.2 Å². The van der Waals surface area contributed by atoms with E-state index in [0.29, 0.717) is 6.01 Å². The van der Waals surface area contributed by atoms with Gasteiger partial charge in [0.2, 0.25) is 0 Å². The Bertz CT molecular complexity index is 3050. The third kappa shape index (κ3) is 3.51. The van der Waals surface area contributed by atoms with Crippen LogP contribution in [0.5, 0.6) is 0 Å². The molecule has 0 unspecified atom stereocenters. The van der Waals surface area contributed by atoms with Crippen molar-refractivity contribution in [1.29, 1.82) is 0 Å². The highest BCUT2D eigenvalue weighted by molar-refractivity contribution is 7.26. The second kappa shape index (κ2) is 9.67. The summed E-state index contributed by atoms with van der Waals surface area (Å²) >= 11 is 1.82. The maximum Gasteiger partial charge on any atom is 0.307 e. The van der Waals surface area contributed by atoms with Crippen LogP contribution >= 0.6 is 11.3 Å². The van der Waals surface area contributed by atoms with E-state index in [1.165, 1.54) is 47.7 Å². The molecule has 5 heteroatoms. The number of para-hydroxylation sites is 3. The number of nitrogens with zero attached hydrogens (tertiary/aromatic N) is 3. The molecule has 0 aliphatic rings. The third-order valence-electron chi connectivity index (χ3n) is 9.75. The van der Waals surface area contributed by atoms with Crippen molar-refractivity contribution in [1.82, 2.24) is 14.1 Å². The number of thiophene rings is 1. The fourth-order valence-corrected chi connectivity index (χ4v) is 8.92. The van der Waals surface area contributed by atoms with Crippen LogP contribution in [0, 0.1) is 0 Å². The maximum absolute atomic E-state index is 6.93. The van der Waals surface area contributed by atoms with E-state index in [9.17, 15) is 0 Å². The molecule has 11 rings (SSSR count). The highest BCUT2D eigenvalue weighted by Crippen LogP contribution is 2.45. The fourth-order valence-electron chi connectivity index (χ4n) is 7.68. The van der Waals surface area contributed by atoms with Crippen LogP contribution in [0.2, 0.25) is 0 Å². The van der Waals surface area contributed by atoms with Crippen molar-refractivity contribution in [2.24, 2.45) is 0 Å². The lowest BCUT2D eigenvalue weighted by Crippen LogP contribution is -1.94. The first-order chi connectivity index (χ1) is 23.8. The lowest BCUT2D eigenvalue weighted by molar-refractivity contribution is 0.577. The molecule has 4 heterocycles. The van der Waals surface area contributed by atoms with E-state index in [-0.39, 0.29) is 0 Å². The van der Waals surface area contributed by atoms with Gasteiger partial charge in [-0.2, -0.15) is 4.98 Å². The zero-order valence-electron chi connectivity index (χ0n) is 25.6. The van der Waals surface area contributed by atoms with Gasteiger partial charge in [0.05, 0.1) is 22.1 Å². The van der Waals surface area contributed by atoms with Gasteiger partial charge in [0.1, 0.15) is 5.52 Å². The second-order valence-corrected chi connectivity index (χ2v) is 13.4. The minimum atomic E-state index is 0.573. The number of hydrogen-bond donors (Lipinski definition) is 0. The molecule has 0 N–H and O–H groups in total.